The van der Waals surface area contributed by atoms with E-state index in [0.717, 1.165) is 23.5 Å². The van der Waals surface area contributed by atoms with E-state index in [0.29, 0.717) is 13.0 Å². The Kier molecular flexibility index (Phi) is 5.26. The number of halogens is 1. The molecule has 2 aromatic rings. The van der Waals surface area contributed by atoms with Gasteiger partial charge in [0, 0.05) is 18.8 Å². The molecule has 0 unspecified atom stereocenters. The van der Waals surface area contributed by atoms with Crippen LogP contribution in [0.2, 0.25) is 5.02 Å². The number of benzene rings is 1. The van der Waals surface area contributed by atoms with Gasteiger partial charge >= 0.3 is 0 Å². The summed E-state index contributed by atoms with van der Waals surface area (Å²) in [5.41, 5.74) is 3.11. The number of hydrogen-bond donors (Lipinski definition) is 1. The fourth-order valence-electron chi connectivity index (χ4n) is 2.45. The molecule has 2 rings (SSSR count). The summed E-state index contributed by atoms with van der Waals surface area (Å²) < 4.78 is 29.0. The molecule has 1 heterocycles. The maximum absolute atomic E-state index is 12.3. The summed E-state index contributed by atoms with van der Waals surface area (Å²) in [6.45, 7) is 7.09. The standard InChI is InChI=1S/C15H20ClN3O2S/c1-4-19-12(3)13(11(2)18-19)9-10-17-22(20,21)15-8-6-5-7-14(15)16/h5-8,17H,4,9-10H2,1-3H3. The van der Waals surface area contributed by atoms with Crippen LogP contribution in [0.4, 0.5) is 0 Å². The molecule has 0 saturated carbocycles. The van der Waals surface area contributed by atoms with E-state index in [1.165, 1.54) is 6.07 Å². The third-order valence-electron chi connectivity index (χ3n) is 3.62. The summed E-state index contributed by atoms with van der Waals surface area (Å²) in [5, 5.41) is 4.66. The Labute approximate surface area is 136 Å². The summed E-state index contributed by atoms with van der Waals surface area (Å²) in [5.74, 6) is 0. The number of nitrogens with one attached hydrogen (secondary N) is 1. The van der Waals surface area contributed by atoms with E-state index >= 15 is 0 Å². The molecule has 0 spiro atoms. The van der Waals surface area contributed by atoms with Crippen molar-refractivity contribution in [3.8, 4) is 0 Å². The van der Waals surface area contributed by atoms with Gasteiger partial charge in [-0.3, -0.25) is 4.68 Å². The highest BCUT2D eigenvalue weighted by Crippen LogP contribution is 2.20. The minimum Gasteiger partial charge on any atom is -0.270 e. The molecule has 0 radical (unpaired) electrons. The molecule has 0 aliphatic carbocycles. The van der Waals surface area contributed by atoms with Crippen LogP contribution in [-0.2, 0) is 23.0 Å². The van der Waals surface area contributed by atoms with Crippen LogP contribution in [0.25, 0.3) is 0 Å². The third kappa shape index (κ3) is 3.51. The van der Waals surface area contributed by atoms with E-state index in [2.05, 4.69) is 9.82 Å². The van der Waals surface area contributed by atoms with Crippen LogP contribution in [0.5, 0.6) is 0 Å². The van der Waals surface area contributed by atoms with Gasteiger partial charge in [0.15, 0.2) is 0 Å². The largest absolute Gasteiger partial charge is 0.270 e. The molecule has 22 heavy (non-hydrogen) atoms. The van der Waals surface area contributed by atoms with Crippen LogP contribution in [-0.4, -0.2) is 24.7 Å². The van der Waals surface area contributed by atoms with Gasteiger partial charge in [-0.25, -0.2) is 13.1 Å². The van der Waals surface area contributed by atoms with Crippen molar-refractivity contribution in [2.24, 2.45) is 0 Å². The molecule has 1 aromatic heterocycles. The predicted octanol–water partition coefficient (Wildman–Crippen LogP) is 2.69. The predicted molar refractivity (Wildman–Crippen MR) is 87.7 cm³/mol. The minimum absolute atomic E-state index is 0.106. The van der Waals surface area contributed by atoms with E-state index in [9.17, 15) is 8.42 Å². The highest BCUT2D eigenvalue weighted by Gasteiger charge is 2.17. The first kappa shape index (κ1) is 17.0. The summed E-state index contributed by atoms with van der Waals surface area (Å²) >= 11 is 5.94. The van der Waals surface area contributed by atoms with Crippen molar-refractivity contribution in [3.05, 3.63) is 46.2 Å². The molecule has 0 bridgehead atoms. The van der Waals surface area contributed by atoms with Gasteiger partial charge in [0.1, 0.15) is 4.90 Å². The number of nitrogens with zero attached hydrogens (tertiary/aromatic N) is 2. The average molecular weight is 342 g/mol. The molecule has 7 heteroatoms. The zero-order valence-electron chi connectivity index (χ0n) is 12.9. The van der Waals surface area contributed by atoms with E-state index in [1.807, 2.05) is 25.5 Å². The van der Waals surface area contributed by atoms with Crippen molar-refractivity contribution in [2.75, 3.05) is 6.54 Å². The van der Waals surface area contributed by atoms with Crippen molar-refractivity contribution >= 4 is 21.6 Å². The highest BCUT2D eigenvalue weighted by molar-refractivity contribution is 7.89. The zero-order chi connectivity index (χ0) is 16.3. The van der Waals surface area contributed by atoms with Gasteiger partial charge < -0.3 is 0 Å². The molecule has 1 N–H and O–H groups in total. The van der Waals surface area contributed by atoms with Crippen LogP contribution >= 0.6 is 11.6 Å². The fraction of sp³-hybridized carbons (Fsp3) is 0.400. The summed E-state index contributed by atoms with van der Waals surface area (Å²) in [6.07, 6.45) is 0.599. The van der Waals surface area contributed by atoms with Gasteiger partial charge in [-0.05, 0) is 44.9 Å². The molecular weight excluding hydrogens is 322 g/mol. The Balaban J connectivity index is 2.08. The zero-order valence-corrected chi connectivity index (χ0v) is 14.5. The third-order valence-corrected chi connectivity index (χ3v) is 5.58. The lowest BCUT2D eigenvalue weighted by Crippen LogP contribution is -2.26. The van der Waals surface area contributed by atoms with Crippen molar-refractivity contribution < 1.29 is 8.42 Å². The van der Waals surface area contributed by atoms with Crippen LogP contribution in [0.15, 0.2) is 29.2 Å². The van der Waals surface area contributed by atoms with Crippen LogP contribution in [0.1, 0.15) is 23.9 Å². The van der Waals surface area contributed by atoms with Crippen molar-refractivity contribution in [1.29, 1.82) is 0 Å². The maximum Gasteiger partial charge on any atom is 0.242 e. The number of sulfonamides is 1. The van der Waals surface area contributed by atoms with Gasteiger partial charge in [0.05, 0.1) is 10.7 Å². The van der Waals surface area contributed by atoms with Gasteiger partial charge in [-0.15, -0.1) is 0 Å². The summed E-state index contributed by atoms with van der Waals surface area (Å²) in [4.78, 5) is 0.106. The number of aryl methyl sites for hydroxylation is 2. The van der Waals surface area contributed by atoms with E-state index in [1.54, 1.807) is 18.2 Å². The molecule has 0 saturated heterocycles. The Morgan fingerprint density at radius 1 is 1.27 bits per heavy atom. The van der Waals surface area contributed by atoms with Gasteiger partial charge in [-0.2, -0.15) is 5.10 Å². The molecule has 0 amide bonds. The van der Waals surface area contributed by atoms with E-state index in [-0.39, 0.29) is 9.92 Å². The number of aromatic nitrogens is 2. The SMILES string of the molecule is CCn1nc(C)c(CCNS(=O)(=O)c2ccccc2Cl)c1C. The Morgan fingerprint density at radius 3 is 2.55 bits per heavy atom. The Bertz CT molecular complexity index is 769. The van der Waals surface area contributed by atoms with Crippen LogP contribution in [0, 0.1) is 13.8 Å². The van der Waals surface area contributed by atoms with E-state index < -0.39 is 10.0 Å². The van der Waals surface area contributed by atoms with Crippen LogP contribution in [0.3, 0.4) is 0 Å². The normalized spacial score (nSPS) is 11.8. The summed E-state index contributed by atoms with van der Waals surface area (Å²) in [6, 6.07) is 6.42. The molecule has 0 fully saturated rings. The van der Waals surface area contributed by atoms with E-state index in [4.69, 9.17) is 11.6 Å². The smallest absolute Gasteiger partial charge is 0.242 e. The fourth-order valence-corrected chi connectivity index (χ4v) is 4.00. The van der Waals surface area contributed by atoms with Crippen molar-refractivity contribution in [2.45, 2.75) is 38.6 Å². The second kappa shape index (κ2) is 6.81. The topological polar surface area (TPSA) is 64.0 Å². The number of hydrogen-bond acceptors (Lipinski definition) is 3. The second-order valence-corrected chi connectivity index (χ2v) is 7.19. The quantitative estimate of drug-likeness (QED) is 0.878. The lowest BCUT2D eigenvalue weighted by Gasteiger charge is -2.08. The average Bonchev–Trinajstić information content (AvgIpc) is 2.74. The molecule has 1 aromatic carbocycles. The molecule has 0 aliphatic rings. The molecular formula is C15H20ClN3O2S. The Hall–Kier alpha value is -1.37. The molecule has 5 nitrogen and oxygen atoms in total. The van der Waals surface area contributed by atoms with Crippen molar-refractivity contribution in [3.63, 3.8) is 0 Å². The maximum atomic E-state index is 12.3. The van der Waals surface area contributed by atoms with Gasteiger partial charge in [-0.1, -0.05) is 23.7 Å². The molecule has 0 atom stereocenters. The monoisotopic (exact) mass is 341 g/mol. The first-order chi connectivity index (χ1) is 10.4. The first-order valence-corrected chi connectivity index (χ1v) is 9.00. The Morgan fingerprint density at radius 2 is 1.95 bits per heavy atom. The lowest BCUT2D eigenvalue weighted by molar-refractivity contribution is 0.581. The minimum atomic E-state index is -3.59. The van der Waals surface area contributed by atoms with Crippen molar-refractivity contribution in [1.82, 2.24) is 14.5 Å². The highest BCUT2D eigenvalue weighted by atomic mass is 35.5. The lowest BCUT2D eigenvalue weighted by atomic mass is 10.1. The molecule has 0 aliphatic heterocycles. The molecule has 120 valence electrons. The number of rotatable bonds is 6. The second-order valence-electron chi connectivity index (χ2n) is 5.04. The summed E-state index contributed by atoms with van der Waals surface area (Å²) in [7, 11) is -3.59. The first-order valence-electron chi connectivity index (χ1n) is 7.14. The van der Waals surface area contributed by atoms with Crippen LogP contribution < -0.4 is 4.72 Å². The van der Waals surface area contributed by atoms with Gasteiger partial charge in [0.25, 0.3) is 0 Å². The van der Waals surface area contributed by atoms with Gasteiger partial charge in [0.2, 0.25) is 10.0 Å².